The second-order valence-electron chi connectivity index (χ2n) is 5.84. The Kier molecular flexibility index (Phi) is 2.09. The summed E-state index contributed by atoms with van der Waals surface area (Å²) >= 11 is 0. The van der Waals surface area contributed by atoms with Crippen LogP contribution in [0.2, 0.25) is 0 Å². The molecule has 1 aliphatic rings. The lowest BCUT2D eigenvalue weighted by Crippen LogP contribution is -2.32. The van der Waals surface area contributed by atoms with Gasteiger partial charge in [0.2, 0.25) is 5.75 Å². The zero-order chi connectivity index (χ0) is 14.8. The van der Waals surface area contributed by atoms with Crippen LogP contribution in [0.1, 0.15) is 5.56 Å². The van der Waals surface area contributed by atoms with Crippen molar-refractivity contribution in [1.82, 2.24) is 0 Å². The molecule has 0 bridgehead atoms. The first kappa shape index (κ1) is 11.8. The van der Waals surface area contributed by atoms with E-state index in [0.717, 1.165) is 28.2 Å². The molecule has 0 unspecified atom stereocenters. The summed E-state index contributed by atoms with van der Waals surface area (Å²) in [6, 6.07) is 12.5. The van der Waals surface area contributed by atoms with Crippen molar-refractivity contribution in [3.63, 3.8) is 0 Å². The third-order valence-electron chi connectivity index (χ3n) is 4.47. The molecular formula is C19H14NO2+. The second-order valence-corrected chi connectivity index (χ2v) is 5.84. The Morgan fingerprint density at radius 2 is 1.91 bits per heavy atom. The molecule has 3 heteroatoms. The molecular weight excluding hydrogens is 274 g/mol. The fourth-order valence-corrected chi connectivity index (χ4v) is 3.48. The number of ether oxygens (including phenoxy) is 1. The summed E-state index contributed by atoms with van der Waals surface area (Å²) in [5, 5.41) is 3.42. The lowest BCUT2D eigenvalue weighted by Gasteiger charge is -2.20. The van der Waals surface area contributed by atoms with E-state index in [4.69, 9.17) is 9.15 Å². The fraction of sp³-hybridized carbons (Fsp3) is 0.105. The SMILES string of the molecule is Cc1ccc2cccc3c2c1-c1c(c2occc2c[n+]1C)O3. The molecule has 0 amide bonds. The van der Waals surface area contributed by atoms with Crippen LogP contribution in [0.3, 0.4) is 0 Å². The van der Waals surface area contributed by atoms with Gasteiger partial charge in [0, 0.05) is 5.39 Å². The molecule has 0 atom stereocenters. The average molecular weight is 288 g/mol. The van der Waals surface area contributed by atoms with Gasteiger partial charge in [-0.15, -0.1) is 0 Å². The monoisotopic (exact) mass is 288 g/mol. The van der Waals surface area contributed by atoms with Crippen LogP contribution in [0.25, 0.3) is 33.0 Å². The van der Waals surface area contributed by atoms with E-state index >= 15 is 0 Å². The first-order valence-corrected chi connectivity index (χ1v) is 7.34. The minimum atomic E-state index is 0.805. The molecule has 5 rings (SSSR count). The van der Waals surface area contributed by atoms with Crippen LogP contribution in [0.4, 0.5) is 0 Å². The lowest BCUT2D eigenvalue weighted by molar-refractivity contribution is -0.659. The Morgan fingerprint density at radius 1 is 1.00 bits per heavy atom. The van der Waals surface area contributed by atoms with Gasteiger partial charge in [0.25, 0.3) is 5.69 Å². The van der Waals surface area contributed by atoms with Crippen molar-refractivity contribution < 1.29 is 13.7 Å². The summed E-state index contributed by atoms with van der Waals surface area (Å²) in [6.07, 6.45) is 3.80. The normalized spacial score (nSPS) is 12.5. The maximum atomic E-state index is 6.24. The van der Waals surface area contributed by atoms with E-state index in [1.807, 2.05) is 18.2 Å². The highest BCUT2D eigenvalue weighted by Crippen LogP contribution is 2.48. The highest BCUT2D eigenvalue weighted by atomic mass is 16.5. The Bertz CT molecular complexity index is 1080. The van der Waals surface area contributed by atoms with Crippen molar-refractivity contribution in [3.8, 4) is 22.8 Å². The molecule has 22 heavy (non-hydrogen) atoms. The minimum Gasteiger partial charge on any atom is -0.460 e. The van der Waals surface area contributed by atoms with Crippen molar-refractivity contribution in [1.29, 1.82) is 0 Å². The molecule has 3 nitrogen and oxygen atoms in total. The lowest BCUT2D eigenvalue weighted by atomic mass is 9.93. The highest BCUT2D eigenvalue weighted by Gasteiger charge is 2.32. The number of aromatic nitrogens is 1. The molecule has 1 aliphatic heterocycles. The van der Waals surface area contributed by atoms with Gasteiger partial charge in [-0.1, -0.05) is 24.3 Å². The van der Waals surface area contributed by atoms with Gasteiger partial charge in [0.15, 0.2) is 11.8 Å². The van der Waals surface area contributed by atoms with Crippen LogP contribution in [0, 0.1) is 6.92 Å². The second kappa shape index (κ2) is 3.89. The van der Waals surface area contributed by atoms with Gasteiger partial charge in [0.1, 0.15) is 12.8 Å². The van der Waals surface area contributed by atoms with E-state index in [1.54, 1.807) is 6.26 Å². The molecule has 2 aromatic heterocycles. The molecule has 0 N–H and O–H groups in total. The standard InChI is InChI=1S/C19H14NO2/c1-11-6-7-12-4-3-5-14-16(12)15(11)17-19(22-14)18-13(8-9-21-18)10-20(17)2/h3-10H,1-2H3/q+1. The van der Waals surface area contributed by atoms with Crippen LogP contribution < -0.4 is 9.30 Å². The third kappa shape index (κ3) is 1.33. The Labute approximate surface area is 127 Å². The van der Waals surface area contributed by atoms with Crippen LogP contribution >= 0.6 is 0 Å². The number of aryl methyl sites for hydroxylation is 2. The zero-order valence-electron chi connectivity index (χ0n) is 12.4. The predicted molar refractivity (Wildman–Crippen MR) is 85.1 cm³/mol. The molecule has 4 aromatic rings. The maximum Gasteiger partial charge on any atom is 0.260 e. The Hall–Kier alpha value is -2.81. The molecule has 0 saturated heterocycles. The van der Waals surface area contributed by atoms with Crippen molar-refractivity contribution in [3.05, 3.63) is 54.4 Å². The number of hydrogen-bond donors (Lipinski definition) is 0. The summed E-state index contributed by atoms with van der Waals surface area (Å²) in [6.45, 7) is 2.15. The Balaban J connectivity index is 2.06. The molecule has 0 radical (unpaired) electrons. The van der Waals surface area contributed by atoms with Crippen molar-refractivity contribution in [2.45, 2.75) is 6.92 Å². The highest BCUT2D eigenvalue weighted by molar-refractivity contribution is 6.06. The van der Waals surface area contributed by atoms with Crippen molar-refractivity contribution in [2.24, 2.45) is 7.05 Å². The number of rotatable bonds is 0. The summed E-state index contributed by atoms with van der Waals surface area (Å²) in [4.78, 5) is 0. The van der Waals surface area contributed by atoms with Gasteiger partial charge in [-0.05, 0) is 30.0 Å². The number of fused-ring (bicyclic) bond motifs is 4. The van der Waals surface area contributed by atoms with Gasteiger partial charge in [-0.3, -0.25) is 0 Å². The van der Waals surface area contributed by atoms with Crippen molar-refractivity contribution in [2.75, 3.05) is 0 Å². The fourth-order valence-electron chi connectivity index (χ4n) is 3.48. The predicted octanol–water partition coefficient (Wildman–Crippen LogP) is 4.49. The minimum absolute atomic E-state index is 0.805. The Morgan fingerprint density at radius 3 is 2.82 bits per heavy atom. The first-order valence-electron chi connectivity index (χ1n) is 7.34. The van der Waals surface area contributed by atoms with Gasteiger partial charge in [-0.2, -0.15) is 4.57 Å². The van der Waals surface area contributed by atoms with Gasteiger partial charge < -0.3 is 9.15 Å². The van der Waals surface area contributed by atoms with Gasteiger partial charge in [0.05, 0.1) is 17.2 Å². The summed E-state index contributed by atoms with van der Waals surface area (Å²) < 4.78 is 14.1. The van der Waals surface area contributed by atoms with Crippen LogP contribution in [0.15, 0.2) is 53.3 Å². The van der Waals surface area contributed by atoms with Gasteiger partial charge >= 0.3 is 0 Å². The summed E-state index contributed by atoms with van der Waals surface area (Å²) in [5.41, 5.74) is 4.35. The topological polar surface area (TPSA) is 26.2 Å². The van der Waals surface area contributed by atoms with Crippen LogP contribution in [-0.2, 0) is 7.05 Å². The van der Waals surface area contributed by atoms with E-state index in [2.05, 4.69) is 42.9 Å². The summed E-state index contributed by atoms with van der Waals surface area (Å²) in [7, 11) is 2.06. The molecule has 2 aromatic carbocycles. The molecule has 106 valence electrons. The molecule has 0 saturated carbocycles. The first-order chi connectivity index (χ1) is 10.7. The maximum absolute atomic E-state index is 6.24. The molecule has 0 fully saturated rings. The van der Waals surface area contributed by atoms with E-state index in [9.17, 15) is 0 Å². The number of benzene rings is 2. The van der Waals surface area contributed by atoms with Crippen molar-refractivity contribution >= 4 is 21.7 Å². The van der Waals surface area contributed by atoms with E-state index in [0.29, 0.717) is 0 Å². The zero-order valence-corrected chi connectivity index (χ0v) is 12.4. The van der Waals surface area contributed by atoms with E-state index in [1.165, 1.54) is 21.9 Å². The number of nitrogens with zero attached hydrogens (tertiary/aromatic N) is 1. The number of hydrogen-bond acceptors (Lipinski definition) is 2. The number of furan rings is 1. The molecule has 3 heterocycles. The number of pyridine rings is 1. The van der Waals surface area contributed by atoms with E-state index in [-0.39, 0.29) is 0 Å². The average Bonchev–Trinajstić information content (AvgIpc) is 2.98. The largest absolute Gasteiger partial charge is 0.460 e. The molecule has 0 spiro atoms. The van der Waals surface area contributed by atoms with Gasteiger partial charge in [-0.25, -0.2) is 0 Å². The van der Waals surface area contributed by atoms with Crippen LogP contribution in [-0.4, -0.2) is 0 Å². The van der Waals surface area contributed by atoms with Crippen LogP contribution in [0.5, 0.6) is 11.5 Å². The summed E-state index contributed by atoms with van der Waals surface area (Å²) in [5.74, 6) is 1.70. The van der Waals surface area contributed by atoms with E-state index < -0.39 is 0 Å². The quantitative estimate of drug-likeness (QED) is 0.392. The smallest absolute Gasteiger partial charge is 0.260 e. The molecule has 0 aliphatic carbocycles. The third-order valence-corrected chi connectivity index (χ3v) is 4.47.